The Bertz CT molecular complexity index is 377. The predicted molar refractivity (Wildman–Crippen MR) is 57.8 cm³/mol. The standard InChI is InChI=1S/C10H16N4O2/c1-13-5-3-12-9(13)2-4-14-7-8(6-11)16-10(14)15/h3,5,8H,2,4,6-7,11H2,1H3. The Morgan fingerprint density at radius 1 is 1.69 bits per heavy atom. The van der Waals surface area contributed by atoms with Crippen molar-refractivity contribution in [3.63, 3.8) is 0 Å². The van der Waals surface area contributed by atoms with Gasteiger partial charge in [0.15, 0.2) is 0 Å². The van der Waals surface area contributed by atoms with E-state index in [0.717, 1.165) is 12.2 Å². The second kappa shape index (κ2) is 4.52. The number of nitrogens with two attached hydrogens (primary N) is 1. The average Bonchev–Trinajstić information content (AvgIpc) is 2.82. The van der Waals surface area contributed by atoms with Crippen molar-refractivity contribution in [1.29, 1.82) is 0 Å². The van der Waals surface area contributed by atoms with E-state index in [1.54, 1.807) is 11.1 Å². The maximum absolute atomic E-state index is 11.4. The first-order chi connectivity index (χ1) is 7.70. The number of hydrogen-bond donors (Lipinski definition) is 1. The minimum Gasteiger partial charge on any atom is -0.443 e. The van der Waals surface area contributed by atoms with E-state index in [-0.39, 0.29) is 12.2 Å². The van der Waals surface area contributed by atoms with Crippen molar-refractivity contribution in [2.24, 2.45) is 12.8 Å². The van der Waals surface area contributed by atoms with Gasteiger partial charge in [-0.25, -0.2) is 9.78 Å². The van der Waals surface area contributed by atoms with Crippen molar-refractivity contribution in [3.8, 4) is 0 Å². The highest BCUT2D eigenvalue weighted by atomic mass is 16.6. The van der Waals surface area contributed by atoms with Crippen LogP contribution in [-0.4, -0.2) is 46.3 Å². The van der Waals surface area contributed by atoms with E-state index in [1.165, 1.54) is 0 Å². The predicted octanol–water partition coefficient (Wildman–Crippen LogP) is -0.258. The molecule has 1 saturated heterocycles. The van der Waals surface area contributed by atoms with Gasteiger partial charge in [-0.3, -0.25) is 0 Å². The molecule has 16 heavy (non-hydrogen) atoms. The first kappa shape index (κ1) is 10.9. The molecular formula is C10H16N4O2. The van der Waals surface area contributed by atoms with Crippen LogP contribution in [0.1, 0.15) is 5.82 Å². The van der Waals surface area contributed by atoms with Crippen LogP contribution in [0.4, 0.5) is 4.79 Å². The lowest BCUT2D eigenvalue weighted by Gasteiger charge is -2.12. The molecule has 88 valence electrons. The van der Waals surface area contributed by atoms with Gasteiger partial charge in [0, 0.05) is 39.0 Å². The van der Waals surface area contributed by atoms with E-state index < -0.39 is 0 Å². The van der Waals surface area contributed by atoms with E-state index in [1.807, 2.05) is 17.8 Å². The average molecular weight is 224 g/mol. The molecule has 1 atom stereocenters. The summed E-state index contributed by atoms with van der Waals surface area (Å²) in [6.07, 6.45) is 3.94. The lowest BCUT2D eigenvalue weighted by atomic mass is 10.3. The van der Waals surface area contributed by atoms with Crippen molar-refractivity contribution < 1.29 is 9.53 Å². The first-order valence-corrected chi connectivity index (χ1v) is 5.32. The lowest BCUT2D eigenvalue weighted by Crippen LogP contribution is -2.29. The molecule has 0 aromatic carbocycles. The molecule has 1 fully saturated rings. The van der Waals surface area contributed by atoms with Gasteiger partial charge < -0.3 is 19.9 Å². The topological polar surface area (TPSA) is 73.4 Å². The molecule has 0 bridgehead atoms. The smallest absolute Gasteiger partial charge is 0.410 e. The van der Waals surface area contributed by atoms with Crippen molar-refractivity contribution in [1.82, 2.24) is 14.5 Å². The monoisotopic (exact) mass is 224 g/mol. The molecule has 1 aromatic rings. The van der Waals surface area contributed by atoms with Crippen LogP contribution >= 0.6 is 0 Å². The minimum absolute atomic E-state index is 0.158. The zero-order valence-electron chi connectivity index (χ0n) is 9.30. The zero-order chi connectivity index (χ0) is 11.5. The molecule has 1 aliphatic rings. The summed E-state index contributed by atoms with van der Waals surface area (Å²) in [6.45, 7) is 1.59. The van der Waals surface area contributed by atoms with Gasteiger partial charge in [0.1, 0.15) is 11.9 Å². The summed E-state index contributed by atoms with van der Waals surface area (Å²) in [5, 5.41) is 0. The highest BCUT2D eigenvalue weighted by molar-refractivity contribution is 5.69. The number of aryl methyl sites for hydroxylation is 1. The number of hydrogen-bond acceptors (Lipinski definition) is 4. The Kier molecular flexibility index (Phi) is 3.09. The fourth-order valence-corrected chi connectivity index (χ4v) is 1.75. The molecule has 1 aromatic heterocycles. The van der Waals surface area contributed by atoms with Gasteiger partial charge in [0.05, 0.1) is 6.54 Å². The molecule has 1 amide bonds. The number of carbonyl (C=O) groups is 1. The van der Waals surface area contributed by atoms with Crippen LogP contribution in [0.25, 0.3) is 0 Å². The molecule has 0 saturated carbocycles. The number of amides is 1. The highest BCUT2D eigenvalue weighted by Gasteiger charge is 2.29. The normalized spacial score (nSPS) is 20.2. The third kappa shape index (κ3) is 2.16. The maximum Gasteiger partial charge on any atom is 0.410 e. The summed E-state index contributed by atoms with van der Waals surface area (Å²) in [6, 6.07) is 0. The van der Waals surface area contributed by atoms with Gasteiger partial charge >= 0.3 is 6.09 Å². The summed E-state index contributed by atoms with van der Waals surface area (Å²) < 4.78 is 7.00. The Hall–Kier alpha value is -1.56. The van der Waals surface area contributed by atoms with Gasteiger partial charge in [0.25, 0.3) is 0 Å². The Labute approximate surface area is 94.0 Å². The Morgan fingerprint density at radius 3 is 3.06 bits per heavy atom. The molecule has 6 heteroatoms. The molecule has 6 nitrogen and oxygen atoms in total. The summed E-state index contributed by atoms with van der Waals surface area (Å²) in [7, 11) is 1.94. The van der Waals surface area contributed by atoms with Crippen LogP contribution in [0.2, 0.25) is 0 Å². The van der Waals surface area contributed by atoms with E-state index >= 15 is 0 Å². The largest absolute Gasteiger partial charge is 0.443 e. The van der Waals surface area contributed by atoms with E-state index in [2.05, 4.69) is 4.98 Å². The van der Waals surface area contributed by atoms with Gasteiger partial charge in [-0.05, 0) is 0 Å². The van der Waals surface area contributed by atoms with Crippen molar-refractivity contribution in [3.05, 3.63) is 18.2 Å². The number of carbonyl (C=O) groups excluding carboxylic acids is 1. The third-order valence-corrected chi connectivity index (χ3v) is 2.74. The van der Waals surface area contributed by atoms with Crippen LogP contribution in [0.5, 0.6) is 0 Å². The molecule has 2 heterocycles. The quantitative estimate of drug-likeness (QED) is 0.765. The SMILES string of the molecule is Cn1ccnc1CCN1CC(CN)OC1=O. The van der Waals surface area contributed by atoms with Gasteiger partial charge in [-0.15, -0.1) is 0 Å². The van der Waals surface area contributed by atoms with Gasteiger partial charge in [-0.2, -0.15) is 0 Å². The molecule has 1 unspecified atom stereocenters. The Balaban J connectivity index is 1.87. The summed E-state index contributed by atoms with van der Waals surface area (Å²) in [5.41, 5.74) is 5.45. The Morgan fingerprint density at radius 2 is 2.50 bits per heavy atom. The molecule has 2 rings (SSSR count). The lowest BCUT2D eigenvalue weighted by molar-refractivity contribution is 0.135. The van der Waals surface area contributed by atoms with Crippen molar-refractivity contribution in [2.75, 3.05) is 19.6 Å². The van der Waals surface area contributed by atoms with Crippen LogP contribution in [0.3, 0.4) is 0 Å². The van der Waals surface area contributed by atoms with Crippen molar-refractivity contribution in [2.45, 2.75) is 12.5 Å². The maximum atomic E-state index is 11.4. The number of imidazole rings is 1. The number of cyclic esters (lactones) is 1. The summed E-state index contributed by atoms with van der Waals surface area (Å²) >= 11 is 0. The second-order valence-corrected chi connectivity index (χ2v) is 3.89. The van der Waals surface area contributed by atoms with Crippen LogP contribution in [0.15, 0.2) is 12.4 Å². The van der Waals surface area contributed by atoms with E-state index in [4.69, 9.17) is 10.5 Å². The summed E-state index contributed by atoms with van der Waals surface area (Å²) in [4.78, 5) is 17.3. The van der Waals surface area contributed by atoms with Gasteiger partial charge in [-0.1, -0.05) is 0 Å². The zero-order valence-corrected chi connectivity index (χ0v) is 9.30. The van der Waals surface area contributed by atoms with Crippen molar-refractivity contribution >= 4 is 6.09 Å². The molecule has 0 spiro atoms. The number of rotatable bonds is 4. The third-order valence-electron chi connectivity index (χ3n) is 2.74. The van der Waals surface area contributed by atoms with E-state index in [0.29, 0.717) is 19.6 Å². The van der Waals surface area contributed by atoms with Gasteiger partial charge in [0.2, 0.25) is 0 Å². The van der Waals surface area contributed by atoms with E-state index in [9.17, 15) is 4.79 Å². The molecular weight excluding hydrogens is 208 g/mol. The van der Waals surface area contributed by atoms with Crippen LogP contribution in [0, 0.1) is 0 Å². The number of nitrogens with zero attached hydrogens (tertiary/aromatic N) is 3. The summed E-state index contributed by atoms with van der Waals surface area (Å²) in [5.74, 6) is 0.962. The molecule has 0 radical (unpaired) electrons. The highest BCUT2D eigenvalue weighted by Crippen LogP contribution is 2.10. The molecule has 2 N–H and O–H groups in total. The fraction of sp³-hybridized carbons (Fsp3) is 0.600. The molecule has 1 aliphatic heterocycles. The second-order valence-electron chi connectivity index (χ2n) is 3.89. The van der Waals surface area contributed by atoms with Crippen LogP contribution in [-0.2, 0) is 18.2 Å². The number of ether oxygens (including phenoxy) is 1. The minimum atomic E-state index is -0.273. The fourth-order valence-electron chi connectivity index (χ4n) is 1.75. The first-order valence-electron chi connectivity index (χ1n) is 5.32. The van der Waals surface area contributed by atoms with Crippen LogP contribution < -0.4 is 5.73 Å². The number of aromatic nitrogens is 2. The molecule has 0 aliphatic carbocycles.